The van der Waals surface area contributed by atoms with E-state index < -0.39 is 0 Å². The molecule has 2 aromatic rings. The van der Waals surface area contributed by atoms with Gasteiger partial charge in [-0.05, 0) is 53.0 Å². The van der Waals surface area contributed by atoms with Gasteiger partial charge in [0.25, 0.3) is 0 Å². The van der Waals surface area contributed by atoms with Gasteiger partial charge in [0.05, 0.1) is 12.6 Å². The summed E-state index contributed by atoms with van der Waals surface area (Å²) in [4.78, 5) is 30.7. The summed E-state index contributed by atoms with van der Waals surface area (Å²) in [6, 6.07) is 10.1. The highest BCUT2D eigenvalue weighted by atomic mass is 32.1. The molecule has 0 spiro atoms. The topological polar surface area (TPSA) is 59.1 Å². The van der Waals surface area contributed by atoms with Gasteiger partial charge < -0.3 is 19.3 Å². The van der Waals surface area contributed by atoms with Crippen LogP contribution in [-0.4, -0.2) is 61.6 Å². The van der Waals surface area contributed by atoms with Crippen LogP contribution in [0.1, 0.15) is 55.7 Å². The third-order valence-corrected chi connectivity index (χ3v) is 6.90. The quantitative estimate of drug-likeness (QED) is 0.511. The molecule has 0 N–H and O–H groups in total. The van der Waals surface area contributed by atoms with E-state index in [-0.39, 0.29) is 36.9 Å². The zero-order valence-electron chi connectivity index (χ0n) is 20.4. The molecule has 0 saturated heterocycles. The highest BCUT2D eigenvalue weighted by Crippen LogP contribution is 2.34. The average Bonchev–Trinajstić information content (AvgIpc) is 3.26. The Morgan fingerprint density at radius 3 is 2.52 bits per heavy atom. The molecule has 0 radical (unpaired) electrons. The van der Waals surface area contributed by atoms with Crippen LogP contribution in [0.25, 0.3) is 0 Å². The second kappa shape index (κ2) is 11.7. The van der Waals surface area contributed by atoms with Gasteiger partial charge in [-0.25, -0.2) is 0 Å². The van der Waals surface area contributed by atoms with Crippen LogP contribution in [-0.2, 0) is 20.7 Å². The van der Waals surface area contributed by atoms with Crippen molar-refractivity contribution in [3.8, 4) is 5.75 Å². The van der Waals surface area contributed by atoms with Gasteiger partial charge in [0.1, 0.15) is 19.0 Å². The van der Waals surface area contributed by atoms with Crippen molar-refractivity contribution in [2.45, 2.75) is 46.1 Å². The van der Waals surface area contributed by atoms with Crippen LogP contribution >= 0.6 is 11.3 Å². The van der Waals surface area contributed by atoms with E-state index in [0.29, 0.717) is 25.6 Å². The highest BCUT2D eigenvalue weighted by molar-refractivity contribution is 7.10. The summed E-state index contributed by atoms with van der Waals surface area (Å²) in [5, 5.41) is 2.08. The van der Waals surface area contributed by atoms with Gasteiger partial charge in [-0.15, -0.1) is 11.3 Å². The third kappa shape index (κ3) is 6.58. The molecule has 2 heterocycles. The van der Waals surface area contributed by atoms with Gasteiger partial charge in [0.15, 0.2) is 0 Å². The summed E-state index contributed by atoms with van der Waals surface area (Å²) in [6.45, 7) is 9.97. The Labute approximate surface area is 201 Å². The van der Waals surface area contributed by atoms with Crippen molar-refractivity contribution in [1.29, 1.82) is 0 Å². The number of carbonyl (C=O) groups is 2. The summed E-state index contributed by atoms with van der Waals surface area (Å²) in [5.41, 5.74) is 2.42. The predicted molar refractivity (Wildman–Crippen MR) is 132 cm³/mol. The maximum absolute atomic E-state index is 13.4. The maximum Gasteiger partial charge on any atom is 0.249 e. The molecule has 6 nitrogen and oxygen atoms in total. The molecular weight excluding hydrogens is 436 g/mol. The molecule has 0 fully saturated rings. The van der Waals surface area contributed by atoms with Crippen molar-refractivity contribution in [2.75, 3.05) is 40.0 Å². The zero-order valence-corrected chi connectivity index (χ0v) is 21.2. The molecule has 1 aromatic heterocycles. The molecule has 2 amide bonds. The number of methoxy groups -OCH3 is 1. The van der Waals surface area contributed by atoms with Crippen molar-refractivity contribution in [3.63, 3.8) is 0 Å². The van der Waals surface area contributed by atoms with Crippen molar-refractivity contribution < 1.29 is 19.1 Å². The normalized spacial score (nSPS) is 15.6. The van der Waals surface area contributed by atoms with E-state index in [0.717, 1.165) is 17.7 Å². The number of benzene rings is 1. The van der Waals surface area contributed by atoms with Crippen LogP contribution in [0.5, 0.6) is 5.75 Å². The molecule has 33 heavy (non-hydrogen) atoms. The van der Waals surface area contributed by atoms with Gasteiger partial charge in [0, 0.05) is 25.1 Å². The van der Waals surface area contributed by atoms with E-state index in [1.165, 1.54) is 17.6 Å². The van der Waals surface area contributed by atoms with Crippen LogP contribution < -0.4 is 4.74 Å². The Bertz CT molecular complexity index is 923. The minimum atomic E-state index is -0.171. The maximum atomic E-state index is 13.4. The number of carbonyl (C=O) groups excluding carboxylic acids is 2. The van der Waals surface area contributed by atoms with E-state index in [1.807, 2.05) is 30.9 Å². The summed E-state index contributed by atoms with van der Waals surface area (Å²) in [7, 11) is 1.50. The Hall–Kier alpha value is -2.38. The van der Waals surface area contributed by atoms with Gasteiger partial charge in [0.2, 0.25) is 11.8 Å². The standard InChI is InChI=1S/C26H36N2O4S/c1-18(2)14-27(26(30)17-31-5)15-25(29)28-12-10-24-22(11-13-33-24)23(28)16-32-21-8-6-20(7-9-21)19(3)4/h6-9,11,13,18-19,23H,10,12,14-17H2,1-5H3/t23-/m1/s1. The molecule has 1 aliphatic rings. The van der Waals surface area contributed by atoms with Crippen molar-refractivity contribution in [2.24, 2.45) is 5.92 Å². The van der Waals surface area contributed by atoms with Crippen molar-refractivity contribution in [3.05, 3.63) is 51.7 Å². The minimum absolute atomic E-state index is 0.0202. The van der Waals surface area contributed by atoms with Crippen LogP contribution in [0.15, 0.2) is 35.7 Å². The number of thiophene rings is 1. The Balaban J connectivity index is 1.74. The van der Waals surface area contributed by atoms with E-state index in [1.54, 1.807) is 16.2 Å². The van der Waals surface area contributed by atoms with Crippen LogP contribution in [0.4, 0.5) is 0 Å². The fourth-order valence-corrected chi connectivity index (χ4v) is 5.09. The largest absolute Gasteiger partial charge is 0.491 e. The van der Waals surface area contributed by atoms with Crippen LogP contribution in [0, 0.1) is 5.92 Å². The van der Waals surface area contributed by atoms with Crippen LogP contribution in [0.3, 0.4) is 0 Å². The molecule has 1 aromatic carbocycles. The van der Waals surface area contributed by atoms with Crippen molar-refractivity contribution in [1.82, 2.24) is 9.80 Å². The SMILES string of the molecule is COCC(=O)N(CC(=O)N1CCc2sccc2[C@H]1COc1ccc(C(C)C)cc1)CC(C)C. The van der Waals surface area contributed by atoms with Gasteiger partial charge in [-0.3, -0.25) is 9.59 Å². The van der Waals surface area contributed by atoms with Gasteiger partial charge in [-0.1, -0.05) is 39.8 Å². The second-order valence-electron chi connectivity index (χ2n) is 9.29. The van der Waals surface area contributed by atoms with Crippen LogP contribution in [0.2, 0.25) is 0 Å². The van der Waals surface area contributed by atoms with E-state index in [9.17, 15) is 9.59 Å². The molecule has 0 bridgehead atoms. The van der Waals surface area contributed by atoms with E-state index >= 15 is 0 Å². The zero-order chi connectivity index (χ0) is 24.0. The first kappa shape index (κ1) is 25.2. The summed E-state index contributed by atoms with van der Waals surface area (Å²) < 4.78 is 11.2. The molecule has 0 unspecified atom stereocenters. The summed E-state index contributed by atoms with van der Waals surface area (Å²) >= 11 is 1.73. The first-order chi connectivity index (χ1) is 15.8. The lowest BCUT2D eigenvalue weighted by Gasteiger charge is -2.37. The van der Waals surface area contributed by atoms with Gasteiger partial charge >= 0.3 is 0 Å². The summed E-state index contributed by atoms with van der Waals surface area (Å²) in [6.07, 6.45) is 0.828. The lowest BCUT2D eigenvalue weighted by molar-refractivity contribution is -0.145. The third-order valence-electron chi connectivity index (χ3n) is 5.90. The smallest absolute Gasteiger partial charge is 0.249 e. The van der Waals surface area contributed by atoms with Crippen molar-refractivity contribution >= 4 is 23.2 Å². The predicted octanol–water partition coefficient (Wildman–Crippen LogP) is 4.51. The molecule has 7 heteroatoms. The molecule has 0 saturated carbocycles. The van der Waals surface area contributed by atoms with Gasteiger partial charge in [-0.2, -0.15) is 0 Å². The minimum Gasteiger partial charge on any atom is -0.491 e. The first-order valence-electron chi connectivity index (χ1n) is 11.6. The molecule has 180 valence electrons. The molecule has 1 aliphatic heterocycles. The fourth-order valence-electron chi connectivity index (χ4n) is 4.16. The molecular formula is C26H36N2O4S. The number of nitrogens with zero attached hydrogens (tertiary/aromatic N) is 2. The fraction of sp³-hybridized carbons (Fsp3) is 0.538. The Morgan fingerprint density at radius 2 is 1.88 bits per heavy atom. The number of fused-ring (bicyclic) bond motifs is 1. The lowest BCUT2D eigenvalue weighted by atomic mass is 10.00. The average molecular weight is 473 g/mol. The Morgan fingerprint density at radius 1 is 1.15 bits per heavy atom. The van der Waals surface area contributed by atoms with E-state index in [2.05, 4.69) is 37.4 Å². The first-order valence-corrected chi connectivity index (χ1v) is 12.5. The number of hydrogen-bond acceptors (Lipinski definition) is 5. The summed E-state index contributed by atoms with van der Waals surface area (Å²) in [5.74, 6) is 1.31. The molecule has 3 rings (SSSR count). The number of rotatable bonds is 10. The number of amides is 2. The lowest BCUT2D eigenvalue weighted by Crippen LogP contribution is -2.49. The Kier molecular flexibility index (Phi) is 8.92. The second-order valence-corrected chi connectivity index (χ2v) is 10.3. The molecule has 1 atom stereocenters. The van der Waals surface area contributed by atoms with E-state index in [4.69, 9.17) is 9.47 Å². The number of ether oxygens (including phenoxy) is 2. The monoisotopic (exact) mass is 472 g/mol. The molecule has 0 aliphatic carbocycles. The highest BCUT2D eigenvalue weighted by Gasteiger charge is 2.33. The number of hydrogen-bond donors (Lipinski definition) is 0.